The van der Waals surface area contributed by atoms with Crippen LogP contribution in [0.25, 0.3) is 22.4 Å². The number of carbonyl (C=O) groups is 1. The van der Waals surface area contributed by atoms with Gasteiger partial charge in [-0.1, -0.05) is 60.7 Å². The average Bonchev–Trinajstić information content (AvgIpc) is 3.25. The van der Waals surface area contributed by atoms with Crippen molar-refractivity contribution in [1.82, 2.24) is 14.7 Å². The molecule has 0 spiro atoms. The van der Waals surface area contributed by atoms with Gasteiger partial charge in [-0.25, -0.2) is 4.68 Å². The van der Waals surface area contributed by atoms with Gasteiger partial charge in [-0.05, 0) is 18.4 Å². The molecule has 27 heavy (non-hydrogen) atoms. The molecule has 3 aromatic rings. The highest BCUT2D eigenvalue weighted by molar-refractivity contribution is 6.03. The Balaban J connectivity index is 2.03. The summed E-state index contributed by atoms with van der Waals surface area (Å²) in [5, 5.41) is 4.52. The monoisotopic (exact) mass is 359 g/mol. The van der Waals surface area contributed by atoms with E-state index in [1.807, 2.05) is 60.7 Å². The van der Waals surface area contributed by atoms with Gasteiger partial charge in [0.1, 0.15) is 5.56 Å². The summed E-state index contributed by atoms with van der Waals surface area (Å²) >= 11 is 0. The fourth-order valence-corrected chi connectivity index (χ4v) is 3.59. The fraction of sp³-hybridized carbons (Fsp3) is 0.227. The summed E-state index contributed by atoms with van der Waals surface area (Å²) in [5.74, 6) is -0.202. The molecule has 4 rings (SSSR count). The van der Waals surface area contributed by atoms with Crippen molar-refractivity contribution < 1.29 is 4.79 Å². The van der Waals surface area contributed by atoms with Gasteiger partial charge < -0.3 is 4.90 Å². The van der Waals surface area contributed by atoms with E-state index >= 15 is 0 Å². The molecule has 1 aliphatic heterocycles. The summed E-state index contributed by atoms with van der Waals surface area (Å²) in [5.41, 5.74) is 2.81. The third-order valence-corrected chi connectivity index (χ3v) is 4.96. The molecule has 0 saturated carbocycles. The zero-order chi connectivity index (χ0) is 18.8. The molecule has 5 heteroatoms. The lowest BCUT2D eigenvalue weighted by Crippen LogP contribution is -2.36. The summed E-state index contributed by atoms with van der Waals surface area (Å²) in [4.78, 5) is 28.1. The van der Waals surface area contributed by atoms with Crippen LogP contribution < -0.4 is 5.56 Å². The summed E-state index contributed by atoms with van der Waals surface area (Å²) in [6.45, 7) is 1.39. The quantitative estimate of drug-likeness (QED) is 0.721. The van der Waals surface area contributed by atoms with E-state index in [4.69, 9.17) is 0 Å². The van der Waals surface area contributed by atoms with Crippen LogP contribution in [0.5, 0.6) is 0 Å². The predicted octanol–water partition coefficient (Wildman–Crippen LogP) is 3.35. The van der Waals surface area contributed by atoms with Crippen molar-refractivity contribution in [3.63, 3.8) is 0 Å². The van der Waals surface area contributed by atoms with Gasteiger partial charge in [0.05, 0.1) is 5.69 Å². The van der Waals surface area contributed by atoms with E-state index < -0.39 is 0 Å². The van der Waals surface area contributed by atoms with Gasteiger partial charge in [-0.3, -0.25) is 9.59 Å². The molecule has 1 amide bonds. The van der Waals surface area contributed by atoms with E-state index in [2.05, 4.69) is 5.10 Å². The van der Waals surface area contributed by atoms with Gasteiger partial charge in [0.25, 0.3) is 11.5 Å². The first-order valence-electron chi connectivity index (χ1n) is 9.18. The van der Waals surface area contributed by atoms with E-state index in [0.717, 1.165) is 24.0 Å². The second kappa shape index (κ2) is 7.19. The fourth-order valence-electron chi connectivity index (χ4n) is 3.59. The molecule has 1 aliphatic rings. The lowest BCUT2D eigenvalue weighted by atomic mass is 9.95. The summed E-state index contributed by atoms with van der Waals surface area (Å²) < 4.78 is 1.28. The number of aryl methyl sites for hydroxylation is 1. The van der Waals surface area contributed by atoms with Crippen molar-refractivity contribution in [3.8, 4) is 22.4 Å². The number of carbonyl (C=O) groups excluding carboxylic acids is 1. The minimum Gasteiger partial charge on any atom is -0.338 e. The van der Waals surface area contributed by atoms with Gasteiger partial charge >= 0.3 is 0 Å². The topological polar surface area (TPSA) is 55.2 Å². The number of hydrogen-bond acceptors (Lipinski definition) is 3. The first-order valence-corrected chi connectivity index (χ1v) is 9.18. The van der Waals surface area contributed by atoms with E-state index in [9.17, 15) is 9.59 Å². The van der Waals surface area contributed by atoms with Crippen molar-refractivity contribution in [2.24, 2.45) is 7.05 Å². The highest BCUT2D eigenvalue weighted by Gasteiger charge is 2.28. The van der Waals surface area contributed by atoms with Crippen molar-refractivity contribution in [2.75, 3.05) is 13.1 Å². The van der Waals surface area contributed by atoms with Crippen LogP contribution in [0.3, 0.4) is 0 Å². The van der Waals surface area contributed by atoms with Crippen LogP contribution in [0.4, 0.5) is 0 Å². The summed E-state index contributed by atoms with van der Waals surface area (Å²) in [6.07, 6.45) is 1.95. The largest absolute Gasteiger partial charge is 0.338 e. The third kappa shape index (κ3) is 3.16. The molecule has 5 nitrogen and oxygen atoms in total. The Morgan fingerprint density at radius 2 is 1.44 bits per heavy atom. The molecule has 0 radical (unpaired) electrons. The van der Waals surface area contributed by atoms with Crippen molar-refractivity contribution >= 4 is 5.91 Å². The molecular formula is C22H21N3O2. The predicted molar refractivity (Wildman–Crippen MR) is 105 cm³/mol. The van der Waals surface area contributed by atoms with Crippen LogP contribution in [0.2, 0.25) is 0 Å². The SMILES string of the molecule is Cn1nc(-c2ccccc2)c(-c2ccccc2)c(C(=O)N2CCCC2)c1=O. The number of hydrogen-bond donors (Lipinski definition) is 0. The molecular weight excluding hydrogens is 338 g/mol. The van der Waals surface area contributed by atoms with Crippen molar-refractivity contribution in [2.45, 2.75) is 12.8 Å². The van der Waals surface area contributed by atoms with Crippen LogP contribution >= 0.6 is 0 Å². The number of amides is 1. The average molecular weight is 359 g/mol. The number of rotatable bonds is 3. The van der Waals surface area contributed by atoms with Gasteiger partial charge in [-0.15, -0.1) is 0 Å². The third-order valence-electron chi connectivity index (χ3n) is 4.96. The second-order valence-corrected chi connectivity index (χ2v) is 6.76. The first-order chi connectivity index (χ1) is 13.2. The van der Waals surface area contributed by atoms with Crippen LogP contribution in [0, 0.1) is 0 Å². The van der Waals surface area contributed by atoms with Crippen molar-refractivity contribution in [1.29, 1.82) is 0 Å². The minimum atomic E-state index is -0.356. The Kier molecular flexibility index (Phi) is 4.59. The Labute approximate surface area is 157 Å². The molecule has 2 heterocycles. The molecule has 0 aliphatic carbocycles. The minimum absolute atomic E-state index is 0.202. The Morgan fingerprint density at radius 3 is 2.04 bits per heavy atom. The molecule has 2 aromatic carbocycles. The molecule has 1 aromatic heterocycles. The normalized spacial score (nSPS) is 13.7. The number of aromatic nitrogens is 2. The zero-order valence-electron chi connectivity index (χ0n) is 15.3. The molecule has 136 valence electrons. The van der Waals surface area contributed by atoms with Crippen LogP contribution in [-0.2, 0) is 7.05 Å². The van der Waals surface area contributed by atoms with Gasteiger partial charge in [0.2, 0.25) is 0 Å². The molecule has 0 atom stereocenters. The Morgan fingerprint density at radius 1 is 0.889 bits per heavy atom. The zero-order valence-corrected chi connectivity index (χ0v) is 15.3. The standard InChI is InChI=1S/C22H21N3O2/c1-24-21(26)19(22(27)25-14-8-9-15-25)18(16-10-4-2-5-11-16)20(23-24)17-12-6-3-7-13-17/h2-7,10-13H,8-9,14-15H2,1H3. The first kappa shape index (κ1) is 17.2. The highest BCUT2D eigenvalue weighted by Crippen LogP contribution is 2.32. The maximum atomic E-state index is 13.3. The summed E-state index contributed by atoms with van der Waals surface area (Å²) in [6, 6.07) is 19.3. The van der Waals surface area contributed by atoms with E-state index in [-0.39, 0.29) is 17.0 Å². The van der Waals surface area contributed by atoms with Crippen LogP contribution in [-0.4, -0.2) is 33.7 Å². The van der Waals surface area contributed by atoms with Crippen LogP contribution in [0.1, 0.15) is 23.2 Å². The van der Waals surface area contributed by atoms with E-state index in [1.165, 1.54) is 4.68 Å². The van der Waals surface area contributed by atoms with Gasteiger partial charge in [0, 0.05) is 31.3 Å². The second-order valence-electron chi connectivity index (χ2n) is 6.76. The molecule has 0 N–H and O–H groups in total. The van der Waals surface area contributed by atoms with E-state index in [0.29, 0.717) is 24.3 Å². The number of nitrogens with zero attached hydrogens (tertiary/aromatic N) is 3. The molecule has 1 saturated heterocycles. The molecule has 0 unspecified atom stereocenters. The van der Waals surface area contributed by atoms with Gasteiger partial charge in [0.15, 0.2) is 0 Å². The maximum absolute atomic E-state index is 13.3. The Hall–Kier alpha value is -3.21. The highest BCUT2D eigenvalue weighted by atomic mass is 16.2. The smallest absolute Gasteiger partial charge is 0.280 e. The lowest BCUT2D eigenvalue weighted by molar-refractivity contribution is 0.0791. The van der Waals surface area contributed by atoms with Gasteiger partial charge in [-0.2, -0.15) is 5.10 Å². The number of benzene rings is 2. The lowest BCUT2D eigenvalue weighted by Gasteiger charge is -2.20. The Bertz CT molecular complexity index is 1020. The maximum Gasteiger partial charge on any atom is 0.280 e. The molecule has 1 fully saturated rings. The number of likely N-dealkylation sites (tertiary alicyclic amines) is 1. The van der Waals surface area contributed by atoms with Crippen molar-refractivity contribution in [3.05, 3.63) is 76.6 Å². The van der Waals surface area contributed by atoms with E-state index in [1.54, 1.807) is 11.9 Å². The van der Waals surface area contributed by atoms with Crippen LogP contribution in [0.15, 0.2) is 65.5 Å². The summed E-state index contributed by atoms with van der Waals surface area (Å²) in [7, 11) is 1.60. The molecule has 0 bridgehead atoms.